The van der Waals surface area contributed by atoms with Crippen molar-refractivity contribution in [2.45, 2.75) is 58.4 Å². The zero-order valence-corrected chi connectivity index (χ0v) is 12.4. The van der Waals surface area contributed by atoms with Gasteiger partial charge < -0.3 is 5.32 Å². The van der Waals surface area contributed by atoms with Crippen LogP contribution < -0.4 is 5.32 Å². The van der Waals surface area contributed by atoms with Crippen molar-refractivity contribution in [2.24, 2.45) is 5.41 Å². The molecule has 1 aliphatic carbocycles. The van der Waals surface area contributed by atoms with E-state index in [2.05, 4.69) is 45.4 Å². The highest BCUT2D eigenvalue weighted by molar-refractivity contribution is 7.09. The summed E-state index contributed by atoms with van der Waals surface area (Å²) in [5.74, 6) is 0. The maximum atomic E-state index is 4.81. The molecule has 0 spiro atoms. The van der Waals surface area contributed by atoms with Crippen LogP contribution in [0.3, 0.4) is 0 Å². The van der Waals surface area contributed by atoms with Crippen molar-refractivity contribution in [3.8, 4) is 0 Å². The first-order chi connectivity index (χ1) is 7.87. The summed E-state index contributed by atoms with van der Waals surface area (Å²) in [5, 5.41) is 6.95. The Morgan fingerprint density at radius 1 is 1.47 bits per heavy atom. The van der Waals surface area contributed by atoms with E-state index in [0.29, 0.717) is 11.5 Å². The maximum Gasteiger partial charge on any atom is 0.0934 e. The summed E-state index contributed by atoms with van der Waals surface area (Å²) >= 11 is 1.83. The van der Waals surface area contributed by atoms with Crippen molar-refractivity contribution in [1.29, 1.82) is 0 Å². The average molecular weight is 252 g/mol. The maximum absolute atomic E-state index is 4.81. The van der Waals surface area contributed by atoms with Gasteiger partial charge in [-0.1, -0.05) is 20.8 Å². The fraction of sp³-hybridized carbons (Fsp3) is 0.786. The fourth-order valence-electron chi connectivity index (χ4n) is 2.27. The van der Waals surface area contributed by atoms with Gasteiger partial charge in [0.25, 0.3) is 0 Å². The largest absolute Gasteiger partial charge is 0.317 e. The summed E-state index contributed by atoms with van der Waals surface area (Å²) in [7, 11) is 2.06. The molecule has 2 rings (SSSR count). The van der Waals surface area contributed by atoms with Crippen molar-refractivity contribution in [1.82, 2.24) is 10.3 Å². The molecule has 0 radical (unpaired) electrons. The molecule has 17 heavy (non-hydrogen) atoms. The Morgan fingerprint density at radius 3 is 2.53 bits per heavy atom. The molecule has 96 valence electrons. The van der Waals surface area contributed by atoms with E-state index in [1.165, 1.54) is 23.5 Å². The van der Waals surface area contributed by atoms with Crippen LogP contribution in [0.5, 0.6) is 0 Å². The standard InChI is InChI=1S/C14H24N2S/c1-10(15-5)14(6-7-14)8-12-16-11(9-17-12)13(2,3)4/h9-10,15H,6-8H2,1-5H3. The highest BCUT2D eigenvalue weighted by Gasteiger charge is 2.47. The molecule has 2 nitrogen and oxygen atoms in total. The molecule has 0 amide bonds. The van der Waals surface area contributed by atoms with Crippen LogP contribution in [-0.2, 0) is 11.8 Å². The van der Waals surface area contributed by atoms with E-state index in [1.807, 2.05) is 11.3 Å². The second-order valence-corrected chi connectivity index (χ2v) is 7.37. The summed E-state index contributed by atoms with van der Waals surface area (Å²) in [6.07, 6.45) is 3.84. The van der Waals surface area contributed by atoms with Gasteiger partial charge in [0.05, 0.1) is 10.7 Å². The van der Waals surface area contributed by atoms with E-state index in [1.54, 1.807) is 0 Å². The van der Waals surface area contributed by atoms with Gasteiger partial charge in [-0.05, 0) is 32.2 Å². The highest BCUT2D eigenvalue weighted by Crippen LogP contribution is 2.51. The predicted octanol–water partition coefficient (Wildman–Crippen LogP) is 3.37. The SMILES string of the molecule is CNC(C)C1(Cc2nc(C(C)(C)C)cs2)CC1. The van der Waals surface area contributed by atoms with Crippen LogP contribution in [0, 0.1) is 5.41 Å². The van der Waals surface area contributed by atoms with Crippen LogP contribution in [0.2, 0.25) is 0 Å². The number of nitrogens with zero attached hydrogens (tertiary/aromatic N) is 1. The van der Waals surface area contributed by atoms with Gasteiger partial charge in [0.1, 0.15) is 0 Å². The van der Waals surface area contributed by atoms with Gasteiger partial charge >= 0.3 is 0 Å². The number of nitrogens with one attached hydrogen (secondary N) is 1. The number of rotatable bonds is 4. The average Bonchev–Trinajstić information content (AvgIpc) is 2.85. The molecule has 1 unspecified atom stereocenters. The fourth-order valence-corrected chi connectivity index (χ4v) is 3.44. The van der Waals surface area contributed by atoms with Gasteiger partial charge in [0.2, 0.25) is 0 Å². The highest BCUT2D eigenvalue weighted by atomic mass is 32.1. The predicted molar refractivity (Wildman–Crippen MR) is 74.7 cm³/mol. The van der Waals surface area contributed by atoms with Crippen molar-refractivity contribution in [2.75, 3.05) is 7.05 Å². The number of aromatic nitrogens is 1. The van der Waals surface area contributed by atoms with Crippen LogP contribution >= 0.6 is 11.3 Å². The number of hydrogen-bond acceptors (Lipinski definition) is 3. The normalized spacial score (nSPS) is 20.3. The Labute approximate surface area is 109 Å². The van der Waals surface area contributed by atoms with Crippen molar-refractivity contribution in [3.05, 3.63) is 16.1 Å². The van der Waals surface area contributed by atoms with Crippen molar-refractivity contribution in [3.63, 3.8) is 0 Å². The van der Waals surface area contributed by atoms with E-state index >= 15 is 0 Å². The van der Waals surface area contributed by atoms with E-state index in [4.69, 9.17) is 4.98 Å². The summed E-state index contributed by atoms with van der Waals surface area (Å²) in [5.41, 5.74) is 1.91. The molecule has 0 aromatic carbocycles. The first kappa shape index (κ1) is 13.0. The van der Waals surface area contributed by atoms with Crippen molar-refractivity contribution >= 4 is 11.3 Å². The molecule has 3 heteroatoms. The van der Waals surface area contributed by atoms with Gasteiger partial charge in [0, 0.05) is 23.3 Å². The molecule has 0 saturated heterocycles. The van der Waals surface area contributed by atoms with Crippen LogP contribution in [0.4, 0.5) is 0 Å². The molecule has 1 aromatic heterocycles. The second-order valence-electron chi connectivity index (χ2n) is 6.43. The Kier molecular flexibility index (Phi) is 3.34. The minimum atomic E-state index is 0.181. The first-order valence-corrected chi connectivity index (χ1v) is 7.37. The monoisotopic (exact) mass is 252 g/mol. The first-order valence-electron chi connectivity index (χ1n) is 6.49. The molecule has 1 aromatic rings. The summed E-state index contributed by atoms with van der Waals surface area (Å²) in [6, 6.07) is 0.601. The Balaban J connectivity index is 2.08. The van der Waals surface area contributed by atoms with Crippen LogP contribution in [0.25, 0.3) is 0 Å². The topological polar surface area (TPSA) is 24.9 Å². The van der Waals surface area contributed by atoms with Gasteiger partial charge in [-0.25, -0.2) is 4.98 Å². The van der Waals surface area contributed by atoms with Gasteiger partial charge in [-0.3, -0.25) is 0 Å². The molecule has 0 aliphatic heterocycles. The van der Waals surface area contributed by atoms with Gasteiger partial charge in [-0.15, -0.1) is 11.3 Å². The van der Waals surface area contributed by atoms with E-state index < -0.39 is 0 Å². The molecular weight excluding hydrogens is 228 g/mol. The molecule has 1 heterocycles. The third-order valence-electron chi connectivity index (χ3n) is 4.07. The van der Waals surface area contributed by atoms with Crippen LogP contribution in [-0.4, -0.2) is 18.1 Å². The third-order valence-corrected chi connectivity index (χ3v) is 4.92. The lowest BCUT2D eigenvalue weighted by Crippen LogP contribution is -2.33. The second kappa shape index (κ2) is 4.36. The van der Waals surface area contributed by atoms with Gasteiger partial charge in [-0.2, -0.15) is 0 Å². The lowest BCUT2D eigenvalue weighted by molar-refractivity contribution is 0.368. The zero-order chi connectivity index (χ0) is 12.7. The molecular formula is C14H24N2S. The number of hydrogen-bond donors (Lipinski definition) is 1. The Bertz CT molecular complexity index is 385. The van der Waals surface area contributed by atoms with Crippen LogP contribution in [0.15, 0.2) is 5.38 Å². The summed E-state index contributed by atoms with van der Waals surface area (Å²) < 4.78 is 0. The summed E-state index contributed by atoms with van der Waals surface area (Å²) in [4.78, 5) is 4.81. The molecule has 1 N–H and O–H groups in total. The van der Waals surface area contributed by atoms with Crippen molar-refractivity contribution < 1.29 is 0 Å². The molecule has 1 aliphatic rings. The smallest absolute Gasteiger partial charge is 0.0934 e. The Hall–Kier alpha value is -0.410. The van der Waals surface area contributed by atoms with E-state index in [-0.39, 0.29) is 5.41 Å². The minimum absolute atomic E-state index is 0.181. The lowest BCUT2D eigenvalue weighted by atomic mass is 9.92. The quantitative estimate of drug-likeness (QED) is 0.888. The van der Waals surface area contributed by atoms with E-state index in [9.17, 15) is 0 Å². The molecule has 1 saturated carbocycles. The minimum Gasteiger partial charge on any atom is -0.317 e. The third kappa shape index (κ3) is 2.71. The Morgan fingerprint density at radius 2 is 2.12 bits per heavy atom. The molecule has 1 atom stereocenters. The van der Waals surface area contributed by atoms with Gasteiger partial charge in [0.15, 0.2) is 0 Å². The molecule has 1 fully saturated rings. The molecule has 0 bridgehead atoms. The zero-order valence-electron chi connectivity index (χ0n) is 11.6. The number of thiazole rings is 1. The van der Waals surface area contributed by atoms with E-state index in [0.717, 1.165) is 6.42 Å². The summed E-state index contributed by atoms with van der Waals surface area (Å²) in [6.45, 7) is 8.99. The lowest BCUT2D eigenvalue weighted by Gasteiger charge is -2.21. The van der Waals surface area contributed by atoms with Crippen LogP contribution in [0.1, 0.15) is 51.2 Å².